The number of nitrogens with one attached hydrogen (secondary N) is 1. The quantitative estimate of drug-likeness (QED) is 0.692. The van der Waals surface area contributed by atoms with E-state index in [1.54, 1.807) is 7.11 Å². The van der Waals surface area contributed by atoms with E-state index in [9.17, 15) is 9.59 Å². The van der Waals surface area contributed by atoms with Gasteiger partial charge in [-0.1, -0.05) is 17.7 Å². The van der Waals surface area contributed by atoms with Crippen molar-refractivity contribution in [1.29, 1.82) is 0 Å². The lowest BCUT2D eigenvalue weighted by molar-refractivity contribution is -0.139. The van der Waals surface area contributed by atoms with Crippen LogP contribution in [0.25, 0.3) is 0 Å². The van der Waals surface area contributed by atoms with E-state index in [0.29, 0.717) is 5.75 Å². The van der Waals surface area contributed by atoms with Crippen molar-refractivity contribution < 1.29 is 19.4 Å². The largest absolute Gasteiger partial charge is 0.496 e. The molecule has 0 radical (unpaired) electrons. The third-order valence-corrected chi connectivity index (χ3v) is 2.62. The summed E-state index contributed by atoms with van der Waals surface area (Å²) in [6.45, 7) is 2.18. The molecule has 0 aliphatic rings. The number of ether oxygens (including phenoxy) is 1. The number of carbonyl (C=O) groups is 2. The highest BCUT2D eigenvalue weighted by Gasteiger charge is 2.17. The smallest absolute Gasteiger partial charge is 0.305 e. The molecule has 1 amide bonds. The van der Waals surface area contributed by atoms with Gasteiger partial charge in [0.05, 0.1) is 19.6 Å². The number of carbonyl (C=O) groups excluding carboxylic acids is 1. The van der Waals surface area contributed by atoms with E-state index < -0.39 is 24.3 Å². The van der Waals surface area contributed by atoms with Crippen LogP contribution in [0.2, 0.25) is 0 Å². The molecule has 4 N–H and O–H groups in total. The Kier molecular flexibility index (Phi) is 5.32. The second kappa shape index (κ2) is 6.75. The zero-order valence-electron chi connectivity index (χ0n) is 11.0. The first-order valence-electron chi connectivity index (χ1n) is 5.82. The lowest BCUT2D eigenvalue weighted by Gasteiger charge is -2.13. The predicted octanol–water partition coefficient (Wildman–Crippen LogP) is 0.422. The van der Waals surface area contributed by atoms with Gasteiger partial charge in [0, 0.05) is 12.1 Å². The number of benzene rings is 1. The highest BCUT2D eigenvalue weighted by Crippen LogP contribution is 2.19. The van der Waals surface area contributed by atoms with Crippen LogP contribution >= 0.6 is 0 Å². The first-order valence-corrected chi connectivity index (χ1v) is 5.82. The summed E-state index contributed by atoms with van der Waals surface area (Å²) in [6, 6.07) is 4.56. The number of methoxy groups -OCH3 is 1. The maximum atomic E-state index is 11.6. The van der Waals surface area contributed by atoms with Gasteiger partial charge in [-0.05, 0) is 13.0 Å². The molecule has 6 nitrogen and oxygen atoms in total. The molecular formula is C13H18N2O4. The Morgan fingerprint density at radius 2 is 2.16 bits per heavy atom. The molecule has 104 valence electrons. The number of carboxylic acid groups (broad SMARTS) is 1. The van der Waals surface area contributed by atoms with Crippen molar-refractivity contribution in [2.24, 2.45) is 5.73 Å². The van der Waals surface area contributed by atoms with E-state index in [2.05, 4.69) is 5.32 Å². The third-order valence-electron chi connectivity index (χ3n) is 2.62. The van der Waals surface area contributed by atoms with Crippen molar-refractivity contribution in [2.75, 3.05) is 7.11 Å². The zero-order valence-corrected chi connectivity index (χ0v) is 11.0. The van der Waals surface area contributed by atoms with E-state index in [1.807, 2.05) is 25.1 Å². The minimum atomic E-state index is -1.10. The first kappa shape index (κ1) is 15.0. The lowest BCUT2D eigenvalue weighted by Crippen LogP contribution is -2.41. The number of amides is 1. The van der Waals surface area contributed by atoms with E-state index >= 15 is 0 Å². The second-order valence-corrected chi connectivity index (χ2v) is 4.24. The summed E-state index contributed by atoms with van der Waals surface area (Å²) in [5.74, 6) is -0.931. The molecule has 1 rings (SSSR count). The number of hydrogen-bond acceptors (Lipinski definition) is 4. The summed E-state index contributed by atoms with van der Waals surface area (Å²) in [7, 11) is 1.55. The van der Waals surface area contributed by atoms with Gasteiger partial charge in [0.15, 0.2) is 0 Å². The van der Waals surface area contributed by atoms with Crippen molar-refractivity contribution in [3.63, 3.8) is 0 Å². The monoisotopic (exact) mass is 266 g/mol. The van der Waals surface area contributed by atoms with E-state index in [0.717, 1.165) is 11.1 Å². The van der Waals surface area contributed by atoms with Crippen LogP contribution < -0.4 is 15.8 Å². The molecule has 0 bridgehead atoms. The Balaban J connectivity index is 2.63. The van der Waals surface area contributed by atoms with Crippen LogP contribution in [-0.4, -0.2) is 30.1 Å². The number of rotatable bonds is 6. The average molecular weight is 266 g/mol. The minimum absolute atomic E-state index is 0.247. The topological polar surface area (TPSA) is 102 Å². The molecule has 0 spiro atoms. The molecule has 19 heavy (non-hydrogen) atoms. The highest BCUT2D eigenvalue weighted by atomic mass is 16.5. The number of hydrogen-bond donors (Lipinski definition) is 3. The van der Waals surface area contributed by atoms with Crippen LogP contribution in [0.15, 0.2) is 18.2 Å². The lowest BCUT2D eigenvalue weighted by atomic mass is 10.1. The van der Waals surface area contributed by atoms with Crippen LogP contribution in [0.1, 0.15) is 17.5 Å². The Bertz CT molecular complexity index is 474. The van der Waals surface area contributed by atoms with Gasteiger partial charge in [-0.15, -0.1) is 0 Å². The van der Waals surface area contributed by atoms with Crippen molar-refractivity contribution >= 4 is 11.9 Å². The Hall–Kier alpha value is -2.08. The first-order chi connectivity index (χ1) is 8.93. The van der Waals surface area contributed by atoms with Crippen LogP contribution in [0.3, 0.4) is 0 Å². The molecule has 0 saturated carbocycles. The van der Waals surface area contributed by atoms with Crippen molar-refractivity contribution in [3.05, 3.63) is 29.3 Å². The Labute approximate surface area is 111 Å². The Morgan fingerprint density at radius 3 is 2.74 bits per heavy atom. The fraction of sp³-hybridized carbons (Fsp3) is 0.385. The zero-order chi connectivity index (χ0) is 14.4. The van der Waals surface area contributed by atoms with Gasteiger partial charge in [0.2, 0.25) is 5.91 Å². The summed E-state index contributed by atoms with van der Waals surface area (Å²) in [4.78, 5) is 22.0. The van der Waals surface area contributed by atoms with Crippen molar-refractivity contribution in [3.8, 4) is 5.75 Å². The summed E-state index contributed by atoms with van der Waals surface area (Å²) in [5, 5.41) is 11.2. The summed E-state index contributed by atoms with van der Waals surface area (Å²) >= 11 is 0. The second-order valence-electron chi connectivity index (χ2n) is 4.24. The molecule has 0 saturated heterocycles. The maximum Gasteiger partial charge on any atom is 0.305 e. The molecule has 0 aliphatic carbocycles. The average Bonchev–Trinajstić information content (AvgIpc) is 2.35. The number of nitrogens with two attached hydrogens (primary N) is 1. The fourth-order valence-corrected chi connectivity index (χ4v) is 1.64. The number of aliphatic carboxylic acids is 1. The van der Waals surface area contributed by atoms with Gasteiger partial charge < -0.3 is 20.9 Å². The fourth-order valence-electron chi connectivity index (χ4n) is 1.64. The molecule has 1 aromatic carbocycles. The van der Waals surface area contributed by atoms with Gasteiger partial charge >= 0.3 is 5.97 Å². The molecule has 1 atom stereocenters. The summed E-state index contributed by atoms with van der Waals surface area (Å²) in [5.41, 5.74) is 7.32. The van der Waals surface area contributed by atoms with Gasteiger partial charge in [0.1, 0.15) is 5.75 Å². The Morgan fingerprint density at radius 1 is 1.47 bits per heavy atom. The van der Waals surface area contributed by atoms with Gasteiger partial charge in [-0.25, -0.2) is 0 Å². The van der Waals surface area contributed by atoms with E-state index in [4.69, 9.17) is 15.6 Å². The molecule has 6 heteroatoms. The molecule has 0 aliphatic heterocycles. The predicted molar refractivity (Wildman–Crippen MR) is 69.8 cm³/mol. The minimum Gasteiger partial charge on any atom is -0.496 e. The standard InChI is InChI=1S/C13H18N2O4/c1-8-3-4-11(19-2)9(5-8)7-15-13(18)10(14)6-12(16)17/h3-5,10H,6-7,14H2,1-2H3,(H,15,18)(H,16,17). The molecule has 1 aromatic rings. The van der Waals surface area contributed by atoms with Gasteiger partial charge in [-0.3, -0.25) is 9.59 Å². The molecular weight excluding hydrogens is 248 g/mol. The number of aryl methyl sites for hydroxylation is 1. The summed E-state index contributed by atoms with van der Waals surface area (Å²) in [6.07, 6.45) is -0.392. The normalized spacial score (nSPS) is 11.7. The molecule has 0 heterocycles. The maximum absolute atomic E-state index is 11.6. The van der Waals surface area contributed by atoms with E-state index in [-0.39, 0.29) is 6.54 Å². The van der Waals surface area contributed by atoms with Gasteiger partial charge in [0.25, 0.3) is 0 Å². The van der Waals surface area contributed by atoms with Crippen LogP contribution in [0.5, 0.6) is 5.75 Å². The van der Waals surface area contributed by atoms with Gasteiger partial charge in [-0.2, -0.15) is 0 Å². The SMILES string of the molecule is COc1ccc(C)cc1CNC(=O)C(N)CC(=O)O. The number of carboxylic acids is 1. The van der Waals surface area contributed by atoms with Crippen molar-refractivity contribution in [2.45, 2.75) is 25.9 Å². The van der Waals surface area contributed by atoms with E-state index in [1.165, 1.54) is 0 Å². The van der Waals surface area contributed by atoms with Crippen LogP contribution in [0.4, 0.5) is 0 Å². The molecule has 0 fully saturated rings. The van der Waals surface area contributed by atoms with Crippen LogP contribution in [0, 0.1) is 6.92 Å². The third kappa shape index (κ3) is 4.59. The summed E-state index contributed by atoms with van der Waals surface area (Å²) < 4.78 is 5.18. The molecule has 0 aromatic heterocycles. The molecule has 1 unspecified atom stereocenters. The highest BCUT2D eigenvalue weighted by molar-refractivity contribution is 5.85. The van der Waals surface area contributed by atoms with Crippen molar-refractivity contribution in [1.82, 2.24) is 5.32 Å². The van der Waals surface area contributed by atoms with Crippen LogP contribution in [-0.2, 0) is 16.1 Å².